The molecule has 1 heterocycles. The second kappa shape index (κ2) is 7.94. The van der Waals surface area contributed by atoms with Gasteiger partial charge in [-0.2, -0.15) is 0 Å². The van der Waals surface area contributed by atoms with Crippen molar-refractivity contribution in [2.75, 3.05) is 20.3 Å². The first-order valence-corrected chi connectivity index (χ1v) is 8.95. The van der Waals surface area contributed by atoms with E-state index in [-0.39, 0.29) is 24.5 Å². The second-order valence-electron chi connectivity index (χ2n) is 6.84. The number of likely N-dealkylation sites (tertiary alicyclic amines) is 1. The largest absolute Gasteiger partial charge is 0.507 e. The maximum Gasteiger partial charge on any atom is 0.295 e. The number of halogens is 1. The van der Waals surface area contributed by atoms with E-state index in [0.717, 1.165) is 11.1 Å². The highest BCUT2D eigenvalue weighted by molar-refractivity contribution is 6.46. The van der Waals surface area contributed by atoms with E-state index in [1.54, 1.807) is 12.1 Å². The molecule has 6 heteroatoms. The van der Waals surface area contributed by atoms with Crippen LogP contribution < -0.4 is 0 Å². The van der Waals surface area contributed by atoms with E-state index in [9.17, 15) is 19.1 Å². The van der Waals surface area contributed by atoms with Crippen molar-refractivity contribution in [2.45, 2.75) is 19.9 Å². The SMILES string of the molecule is COCCN1C(=O)C(=O)/C(=C(\O)c2ccc(C)c(C)c2)C1c1ccc(F)cc1. The number of nitrogens with zero attached hydrogens (tertiary/aromatic N) is 1. The fourth-order valence-corrected chi connectivity index (χ4v) is 3.34. The molecular formula is C22H22FNO4. The molecule has 1 aliphatic rings. The summed E-state index contributed by atoms with van der Waals surface area (Å²) in [4.78, 5) is 26.8. The quantitative estimate of drug-likeness (QED) is 0.487. The monoisotopic (exact) mass is 383 g/mol. The lowest BCUT2D eigenvalue weighted by Crippen LogP contribution is -2.32. The number of methoxy groups -OCH3 is 1. The molecule has 1 fully saturated rings. The molecule has 3 rings (SSSR count). The summed E-state index contributed by atoms with van der Waals surface area (Å²) >= 11 is 0. The highest BCUT2D eigenvalue weighted by Gasteiger charge is 2.45. The van der Waals surface area contributed by atoms with Crippen LogP contribution in [0.15, 0.2) is 48.0 Å². The van der Waals surface area contributed by atoms with Crippen LogP contribution in [0.5, 0.6) is 0 Å². The molecule has 5 nitrogen and oxygen atoms in total. The number of aliphatic hydroxyl groups is 1. The minimum absolute atomic E-state index is 0.00374. The molecule has 0 spiro atoms. The fraction of sp³-hybridized carbons (Fsp3) is 0.273. The smallest absolute Gasteiger partial charge is 0.295 e. The molecule has 1 saturated heterocycles. The van der Waals surface area contributed by atoms with Gasteiger partial charge in [0, 0.05) is 19.2 Å². The second-order valence-corrected chi connectivity index (χ2v) is 6.84. The van der Waals surface area contributed by atoms with Crippen molar-refractivity contribution in [3.63, 3.8) is 0 Å². The van der Waals surface area contributed by atoms with Crippen LogP contribution in [0.3, 0.4) is 0 Å². The maximum absolute atomic E-state index is 13.4. The lowest BCUT2D eigenvalue weighted by atomic mass is 9.94. The lowest BCUT2D eigenvalue weighted by molar-refractivity contribution is -0.140. The molecule has 1 unspecified atom stereocenters. The predicted molar refractivity (Wildman–Crippen MR) is 103 cm³/mol. The molecule has 0 saturated carbocycles. The first-order valence-electron chi connectivity index (χ1n) is 8.95. The summed E-state index contributed by atoms with van der Waals surface area (Å²) in [5, 5.41) is 10.9. The van der Waals surface area contributed by atoms with E-state index in [1.165, 1.54) is 36.3 Å². The summed E-state index contributed by atoms with van der Waals surface area (Å²) in [6.45, 7) is 4.25. The molecule has 0 aliphatic carbocycles. The number of Topliss-reactive ketones (excluding diaryl/α,β-unsaturated/α-hetero) is 1. The molecular weight excluding hydrogens is 361 g/mol. The number of ketones is 1. The third kappa shape index (κ3) is 3.55. The number of benzene rings is 2. The fourth-order valence-electron chi connectivity index (χ4n) is 3.34. The van der Waals surface area contributed by atoms with Gasteiger partial charge in [0.05, 0.1) is 18.2 Å². The van der Waals surface area contributed by atoms with Crippen LogP contribution in [-0.2, 0) is 14.3 Å². The van der Waals surface area contributed by atoms with Gasteiger partial charge in [-0.3, -0.25) is 9.59 Å². The Balaban J connectivity index is 2.17. The number of hydrogen-bond donors (Lipinski definition) is 1. The summed E-state index contributed by atoms with van der Waals surface area (Å²) in [5.41, 5.74) is 3.00. The van der Waals surface area contributed by atoms with Gasteiger partial charge in [-0.15, -0.1) is 0 Å². The highest BCUT2D eigenvalue weighted by atomic mass is 19.1. The van der Waals surface area contributed by atoms with Crippen molar-refractivity contribution in [1.82, 2.24) is 4.90 Å². The number of aliphatic hydroxyl groups excluding tert-OH is 1. The van der Waals surface area contributed by atoms with Crippen LogP contribution in [-0.4, -0.2) is 42.0 Å². The average Bonchev–Trinajstić information content (AvgIpc) is 2.93. The molecule has 0 bridgehead atoms. The Morgan fingerprint density at radius 1 is 1.11 bits per heavy atom. The number of carbonyl (C=O) groups excluding carboxylic acids is 2. The molecule has 0 aromatic heterocycles. The molecule has 1 atom stereocenters. The van der Waals surface area contributed by atoms with Crippen LogP contribution in [0.2, 0.25) is 0 Å². The van der Waals surface area contributed by atoms with Crippen LogP contribution in [0.25, 0.3) is 5.76 Å². The van der Waals surface area contributed by atoms with E-state index in [0.29, 0.717) is 11.1 Å². The molecule has 2 aromatic rings. The summed E-state index contributed by atoms with van der Waals surface area (Å²) in [6.07, 6.45) is 0. The molecule has 0 radical (unpaired) electrons. The van der Waals surface area contributed by atoms with E-state index in [1.807, 2.05) is 19.9 Å². The van der Waals surface area contributed by atoms with Crippen molar-refractivity contribution in [3.05, 3.63) is 76.1 Å². The van der Waals surface area contributed by atoms with Crippen molar-refractivity contribution in [3.8, 4) is 0 Å². The Hall–Kier alpha value is -2.99. The summed E-state index contributed by atoms with van der Waals surface area (Å²) in [7, 11) is 1.50. The number of rotatable bonds is 5. The molecule has 146 valence electrons. The first kappa shape index (κ1) is 19.8. The van der Waals surface area contributed by atoms with Crippen molar-refractivity contribution >= 4 is 17.4 Å². The van der Waals surface area contributed by atoms with Gasteiger partial charge in [-0.25, -0.2) is 4.39 Å². The van der Waals surface area contributed by atoms with E-state index in [4.69, 9.17) is 4.74 Å². The van der Waals surface area contributed by atoms with Crippen LogP contribution in [0, 0.1) is 19.7 Å². The number of carbonyl (C=O) groups is 2. The number of aryl methyl sites for hydroxylation is 2. The van der Waals surface area contributed by atoms with Gasteiger partial charge < -0.3 is 14.7 Å². The molecule has 2 aromatic carbocycles. The first-order chi connectivity index (χ1) is 13.3. The zero-order valence-electron chi connectivity index (χ0n) is 16.0. The Kier molecular flexibility index (Phi) is 5.61. The maximum atomic E-state index is 13.4. The van der Waals surface area contributed by atoms with Crippen molar-refractivity contribution < 1.29 is 23.8 Å². The van der Waals surface area contributed by atoms with Gasteiger partial charge in [0.25, 0.3) is 11.7 Å². The summed E-state index contributed by atoms with van der Waals surface area (Å²) < 4.78 is 18.5. The Morgan fingerprint density at radius 3 is 2.39 bits per heavy atom. The summed E-state index contributed by atoms with van der Waals surface area (Å²) in [5.74, 6) is -2.14. The Labute approximate surface area is 163 Å². The standard InChI is InChI=1S/C22H22FNO4/c1-13-4-5-16(12-14(13)2)20(25)18-19(15-6-8-17(23)9-7-15)24(10-11-28-3)22(27)21(18)26/h4-9,12,19,25H,10-11H2,1-3H3/b20-18-. The van der Waals surface area contributed by atoms with Crippen molar-refractivity contribution in [1.29, 1.82) is 0 Å². The lowest BCUT2D eigenvalue weighted by Gasteiger charge is -2.25. The minimum atomic E-state index is -0.808. The molecule has 1 N–H and O–H groups in total. The zero-order valence-corrected chi connectivity index (χ0v) is 16.0. The predicted octanol–water partition coefficient (Wildman–Crippen LogP) is 3.51. The zero-order chi connectivity index (χ0) is 20.4. The minimum Gasteiger partial charge on any atom is -0.507 e. The van der Waals surface area contributed by atoms with E-state index >= 15 is 0 Å². The molecule has 1 aliphatic heterocycles. The van der Waals surface area contributed by atoms with Gasteiger partial charge >= 0.3 is 0 Å². The number of amides is 1. The van der Waals surface area contributed by atoms with Gasteiger partial charge in [0.1, 0.15) is 11.6 Å². The van der Waals surface area contributed by atoms with Crippen molar-refractivity contribution in [2.24, 2.45) is 0 Å². The average molecular weight is 383 g/mol. The molecule has 1 amide bonds. The van der Waals surface area contributed by atoms with Gasteiger partial charge in [0.2, 0.25) is 0 Å². The third-order valence-corrected chi connectivity index (χ3v) is 5.04. The normalized spacial score (nSPS) is 18.7. The summed E-state index contributed by atoms with van der Waals surface area (Å²) in [6, 6.07) is 10.1. The third-order valence-electron chi connectivity index (χ3n) is 5.04. The van der Waals surface area contributed by atoms with E-state index < -0.39 is 23.5 Å². The molecule has 28 heavy (non-hydrogen) atoms. The topological polar surface area (TPSA) is 66.8 Å². The van der Waals surface area contributed by atoms with Crippen LogP contribution >= 0.6 is 0 Å². The highest BCUT2D eigenvalue weighted by Crippen LogP contribution is 2.39. The number of hydrogen-bond acceptors (Lipinski definition) is 4. The van der Waals surface area contributed by atoms with Gasteiger partial charge in [-0.05, 0) is 48.7 Å². The van der Waals surface area contributed by atoms with Gasteiger partial charge in [-0.1, -0.05) is 24.3 Å². The Morgan fingerprint density at radius 2 is 1.79 bits per heavy atom. The van der Waals surface area contributed by atoms with Gasteiger partial charge in [0.15, 0.2) is 0 Å². The Bertz CT molecular complexity index is 950. The van der Waals surface area contributed by atoms with Crippen LogP contribution in [0.1, 0.15) is 28.3 Å². The number of ether oxygens (including phenoxy) is 1. The van der Waals surface area contributed by atoms with Crippen LogP contribution in [0.4, 0.5) is 4.39 Å². The van der Waals surface area contributed by atoms with E-state index in [2.05, 4.69) is 0 Å².